The third kappa shape index (κ3) is 4.51. The van der Waals surface area contributed by atoms with E-state index in [2.05, 4.69) is 16.9 Å². The number of nitrogens with zero attached hydrogens (tertiary/aromatic N) is 3. The predicted molar refractivity (Wildman–Crippen MR) is 113 cm³/mol. The van der Waals surface area contributed by atoms with Gasteiger partial charge in [0.2, 0.25) is 0 Å². The summed E-state index contributed by atoms with van der Waals surface area (Å²) in [7, 11) is 0. The molecule has 1 saturated heterocycles. The van der Waals surface area contributed by atoms with Gasteiger partial charge in [-0.2, -0.15) is 5.10 Å². The molecule has 0 spiro atoms. The lowest BCUT2D eigenvalue weighted by atomic mass is 9.98. The Hall–Kier alpha value is -2.24. The highest BCUT2D eigenvalue weighted by Gasteiger charge is 2.35. The number of hydrogen-bond acceptors (Lipinski definition) is 3. The van der Waals surface area contributed by atoms with Crippen molar-refractivity contribution in [3.63, 3.8) is 0 Å². The first-order chi connectivity index (χ1) is 14.0. The van der Waals surface area contributed by atoms with Crippen molar-refractivity contribution in [2.24, 2.45) is 11.0 Å². The molecule has 152 valence electrons. The van der Waals surface area contributed by atoms with Gasteiger partial charge in [0.25, 0.3) is 5.91 Å². The minimum absolute atomic E-state index is 0.0263. The van der Waals surface area contributed by atoms with Crippen molar-refractivity contribution < 1.29 is 9.18 Å². The summed E-state index contributed by atoms with van der Waals surface area (Å²) >= 11 is 6.45. The van der Waals surface area contributed by atoms with Gasteiger partial charge in [0, 0.05) is 11.4 Å². The maximum Gasteiger partial charge on any atom is 0.257 e. The molecule has 6 heteroatoms. The molecule has 0 saturated carbocycles. The quantitative estimate of drug-likeness (QED) is 0.715. The van der Waals surface area contributed by atoms with Crippen LogP contribution in [0.5, 0.6) is 0 Å². The van der Waals surface area contributed by atoms with Crippen molar-refractivity contribution in [2.75, 3.05) is 19.6 Å². The Morgan fingerprint density at radius 2 is 1.83 bits per heavy atom. The summed E-state index contributed by atoms with van der Waals surface area (Å²) in [6.45, 7) is 4.48. The molecule has 1 atom stereocenters. The number of hydrazone groups is 1. The van der Waals surface area contributed by atoms with E-state index in [4.69, 9.17) is 11.6 Å². The van der Waals surface area contributed by atoms with Gasteiger partial charge in [0.15, 0.2) is 0 Å². The summed E-state index contributed by atoms with van der Waals surface area (Å²) in [6.07, 6.45) is 2.79. The number of likely N-dealkylation sites (tertiary alicyclic amines) is 1. The van der Waals surface area contributed by atoms with Crippen molar-refractivity contribution in [1.82, 2.24) is 9.91 Å². The maximum atomic E-state index is 13.3. The molecule has 0 aromatic heterocycles. The highest BCUT2D eigenvalue weighted by atomic mass is 35.5. The van der Waals surface area contributed by atoms with Crippen molar-refractivity contribution in [3.05, 3.63) is 70.5 Å². The van der Waals surface area contributed by atoms with Crippen LogP contribution in [-0.4, -0.2) is 41.2 Å². The fourth-order valence-electron chi connectivity index (χ4n) is 4.03. The Kier molecular flexibility index (Phi) is 5.97. The molecule has 2 aliphatic heterocycles. The Morgan fingerprint density at radius 3 is 2.52 bits per heavy atom. The van der Waals surface area contributed by atoms with Crippen molar-refractivity contribution >= 4 is 23.2 Å². The summed E-state index contributed by atoms with van der Waals surface area (Å²) < 4.78 is 13.3. The molecule has 0 radical (unpaired) electrons. The molecular formula is C23H25ClFN3O. The summed E-state index contributed by atoms with van der Waals surface area (Å²) in [5.74, 6) is 0.399. The zero-order valence-electron chi connectivity index (χ0n) is 16.5. The van der Waals surface area contributed by atoms with Crippen LogP contribution in [0.2, 0.25) is 5.02 Å². The van der Waals surface area contributed by atoms with Crippen LogP contribution in [0.25, 0.3) is 0 Å². The lowest BCUT2D eigenvalue weighted by Gasteiger charge is -2.31. The van der Waals surface area contributed by atoms with Crippen LogP contribution in [-0.2, 0) is 4.79 Å². The van der Waals surface area contributed by atoms with E-state index < -0.39 is 0 Å². The van der Waals surface area contributed by atoms with Gasteiger partial charge >= 0.3 is 0 Å². The second-order valence-electron chi connectivity index (χ2n) is 7.99. The van der Waals surface area contributed by atoms with Gasteiger partial charge in [-0.3, -0.25) is 9.69 Å². The van der Waals surface area contributed by atoms with Crippen molar-refractivity contribution in [3.8, 4) is 0 Å². The fourth-order valence-corrected chi connectivity index (χ4v) is 4.29. The van der Waals surface area contributed by atoms with E-state index in [9.17, 15) is 9.18 Å². The zero-order valence-corrected chi connectivity index (χ0v) is 17.3. The first kappa shape index (κ1) is 20.0. The number of benzene rings is 2. The number of carbonyl (C=O) groups is 1. The lowest BCUT2D eigenvalue weighted by Crippen LogP contribution is -2.41. The normalized spacial score (nSPS) is 20.7. The number of rotatable bonds is 4. The highest BCUT2D eigenvalue weighted by Crippen LogP contribution is 2.36. The molecule has 1 amide bonds. The Labute approximate surface area is 176 Å². The molecule has 2 aromatic rings. The lowest BCUT2D eigenvalue weighted by molar-refractivity contribution is -0.134. The summed E-state index contributed by atoms with van der Waals surface area (Å²) in [5.41, 5.74) is 2.48. The van der Waals surface area contributed by atoms with Crippen LogP contribution in [0.4, 0.5) is 4.39 Å². The van der Waals surface area contributed by atoms with E-state index in [0.717, 1.165) is 42.8 Å². The van der Waals surface area contributed by atoms with Gasteiger partial charge < -0.3 is 0 Å². The second kappa shape index (κ2) is 8.64. The van der Waals surface area contributed by atoms with E-state index in [1.807, 2.05) is 24.3 Å². The van der Waals surface area contributed by atoms with E-state index in [0.29, 0.717) is 23.9 Å². The third-order valence-corrected chi connectivity index (χ3v) is 6.19. The first-order valence-corrected chi connectivity index (χ1v) is 10.5. The van der Waals surface area contributed by atoms with Gasteiger partial charge in [0.05, 0.1) is 18.3 Å². The molecule has 0 unspecified atom stereocenters. The third-order valence-electron chi connectivity index (χ3n) is 5.84. The summed E-state index contributed by atoms with van der Waals surface area (Å²) in [5, 5.41) is 6.86. The van der Waals surface area contributed by atoms with E-state index in [1.54, 1.807) is 17.1 Å². The molecule has 4 nitrogen and oxygen atoms in total. The summed E-state index contributed by atoms with van der Waals surface area (Å²) in [4.78, 5) is 15.4. The van der Waals surface area contributed by atoms with Crippen LogP contribution in [0.15, 0.2) is 53.6 Å². The van der Waals surface area contributed by atoms with Gasteiger partial charge in [-0.1, -0.05) is 48.9 Å². The molecule has 1 fully saturated rings. The zero-order chi connectivity index (χ0) is 20.4. The average Bonchev–Trinajstić information content (AvgIpc) is 3.16. The number of halogens is 2. The number of piperidine rings is 1. The number of carbonyl (C=O) groups excluding carboxylic acids is 1. The Balaban J connectivity index is 1.59. The molecule has 2 aromatic carbocycles. The van der Waals surface area contributed by atoms with Crippen LogP contribution < -0.4 is 0 Å². The molecule has 0 bridgehead atoms. The molecule has 2 heterocycles. The van der Waals surface area contributed by atoms with Gasteiger partial charge in [-0.15, -0.1) is 0 Å². The maximum absolute atomic E-state index is 13.3. The number of amides is 1. The van der Waals surface area contributed by atoms with Crippen molar-refractivity contribution in [1.29, 1.82) is 0 Å². The molecule has 0 aliphatic carbocycles. The van der Waals surface area contributed by atoms with Crippen LogP contribution in [0.1, 0.15) is 43.4 Å². The van der Waals surface area contributed by atoms with Crippen LogP contribution >= 0.6 is 11.6 Å². The smallest absolute Gasteiger partial charge is 0.257 e. The van der Waals surface area contributed by atoms with Gasteiger partial charge in [0.1, 0.15) is 5.82 Å². The molecule has 0 N–H and O–H groups in total. The first-order valence-electron chi connectivity index (χ1n) is 10.1. The molecule has 2 aliphatic rings. The summed E-state index contributed by atoms with van der Waals surface area (Å²) in [6, 6.07) is 13.6. The van der Waals surface area contributed by atoms with E-state index in [1.165, 1.54) is 12.1 Å². The number of hydrogen-bond donors (Lipinski definition) is 0. The Bertz CT molecular complexity index is 907. The Morgan fingerprint density at radius 1 is 1.14 bits per heavy atom. The topological polar surface area (TPSA) is 35.9 Å². The second-order valence-corrected chi connectivity index (χ2v) is 8.40. The van der Waals surface area contributed by atoms with Crippen molar-refractivity contribution in [2.45, 2.75) is 32.2 Å². The van der Waals surface area contributed by atoms with Gasteiger partial charge in [-0.05, 0) is 61.2 Å². The fraction of sp³-hybridized carbons (Fsp3) is 0.391. The molecule has 29 heavy (non-hydrogen) atoms. The van der Waals surface area contributed by atoms with Gasteiger partial charge in [-0.25, -0.2) is 9.40 Å². The molecular weight excluding hydrogens is 389 g/mol. The average molecular weight is 414 g/mol. The SMILES string of the molecule is CC1CCN(CC(=O)N2N=C(c3ccc(F)cc3)C[C@H]2c2ccccc2Cl)CC1. The predicted octanol–water partition coefficient (Wildman–Crippen LogP) is 4.89. The minimum atomic E-state index is -0.290. The van der Waals surface area contributed by atoms with Crippen LogP contribution in [0, 0.1) is 11.7 Å². The highest BCUT2D eigenvalue weighted by molar-refractivity contribution is 6.31. The molecule has 4 rings (SSSR count). The standard InChI is InChI=1S/C23H25ClFN3O/c1-16-10-12-27(13-11-16)15-23(29)28-22(19-4-2-3-5-20(19)24)14-21(26-28)17-6-8-18(25)9-7-17/h2-9,16,22H,10-15H2,1H3/t22-/m0/s1. The minimum Gasteiger partial charge on any atom is -0.294 e. The van der Waals surface area contributed by atoms with E-state index in [-0.39, 0.29) is 17.8 Å². The monoisotopic (exact) mass is 413 g/mol. The largest absolute Gasteiger partial charge is 0.294 e. The van der Waals surface area contributed by atoms with Crippen LogP contribution in [0.3, 0.4) is 0 Å². The van der Waals surface area contributed by atoms with E-state index >= 15 is 0 Å².